The normalized spacial score (nSPS) is 22.8. The summed E-state index contributed by atoms with van der Waals surface area (Å²) >= 11 is 3.38. The number of rotatable bonds is 4. The van der Waals surface area contributed by atoms with Crippen LogP contribution in [0.15, 0.2) is 28.7 Å². The molecule has 0 saturated heterocycles. The SMILES string of the molecule is CN(CC(=O)Nc1cccc(Br)c1)C1CCCCC1O. The Bertz CT molecular complexity index is 467. The van der Waals surface area contributed by atoms with Crippen molar-refractivity contribution in [3.8, 4) is 0 Å². The molecule has 2 rings (SSSR count). The van der Waals surface area contributed by atoms with Crippen molar-refractivity contribution in [2.45, 2.75) is 37.8 Å². The molecule has 2 N–H and O–H groups in total. The Morgan fingerprint density at radius 1 is 1.45 bits per heavy atom. The topological polar surface area (TPSA) is 52.6 Å². The number of aliphatic hydroxyl groups is 1. The summed E-state index contributed by atoms with van der Waals surface area (Å²) in [5.74, 6) is -0.0524. The molecule has 1 aliphatic carbocycles. The first-order valence-electron chi connectivity index (χ1n) is 7.00. The van der Waals surface area contributed by atoms with Crippen LogP contribution >= 0.6 is 15.9 Å². The molecular formula is C15H21BrN2O2. The molecule has 0 heterocycles. The average Bonchev–Trinajstić information content (AvgIpc) is 2.38. The van der Waals surface area contributed by atoms with Crippen LogP contribution in [-0.4, -0.2) is 41.7 Å². The number of likely N-dealkylation sites (N-methyl/N-ethyl adjacent to an activating group) is 1. The van der Waals surface area contributed by atoms with Gasteiger partial charge in [-0.25, -0.2) is 0 Å². The van der Waals surface area contributed by atoms with Crippen LogP contribution in [0.1, 0.15) is 25.7 Å². The first-order chi connectivity index (χ1) is 9.56. The van der Waals surface area contributed by atoms with Gasteiger partial charge in [0.1, 0.15) is 0 Å². The number of nitrogens with zero attached hydrogens (tertiary/aromatic N) is 1. The van der Waals surface area contributed by atoms with E-state index in [0.717, 1.165) is 35.8 Å². The number of carbonyl (C=O) groups is 1. The van der Waals surface area contributed by atoms with Gasteiger partial charge >= 0.3 is 0 Å². The Kier molecular flexibility index (Phi) is 5.57. The maximum absolute atomic E-state index is 12.0. The molecule has 1 aromatic rings. The molecule has 0 aliphatic heterocycles. The van der Waals surface area contributed by atoms with Crippen LogP contribution in [0.25, 0.3) is 0 Å². The predicted octanol–water partition coefficient (Wildman–Crippen LogP) is 2.62. The lowest BCUT2D eigenvalue weighted by Gasteiger charge is -2.34. The Hall–Kier alpha value is -0.910. The summed E-state index contributed by atoms with van der Waals surface area (Å²) in [5.41, 5.74) is 0.780. The molecule has 0 aromatic heterocycles. The Balaban J connectivity index is 1.87. The average molecular weight is 341 g/mol. The van der Waals surface area contributed by atoms with Gasteiger partial charge in [0, 0.05) is 16.2 Å². The van der Waals surface area contributed by atoms with Crippen molar-refractivity contribution in [1.82, 2.24) is 4.90 Å². The van der Waals surface area contributed by atoms with Crippen molar-refractivity contribution in [1.29, 1.82) is 0 Å². The molecule has 1 fully saturated rings. The lowest BCUT2D eigenvalue weighted by Crippen LogP contribution is -2.46. The molecule has 4 nitrogen and oxygen atoms in total. The van der Waals surface area contributed by atoms with E-state index in [-0.39, 0.29) is 18.1 Å². The van der Waals surface area contributed by atoms with Gasteiger partial charge in [-0.2, -0.15) is 0 Å². The van der Waals surface area contributed by atoms with Crippen LogP contribution in [-0.2, 0) is 4.79 Å². The quantitative estimate of drug-likeness (QED) is 0.885. The number of hydrogen-bond donors (Lipinski definition) is 2. The van der Waals surface area contributed by atoms with Crippen LogP contribution in [0, 0.1) is 0 Å². The van der Waals surface area contributed by atoms with Crippen molar-refractivity contribution in [3.05, 3.63) is 28.7 Å². The van der Waals surface area contributed by atoms with Crippen molar-refractivity contribution in [2.24, 2.45) is 0 Å². The lowest BCUT2D eigenvalue weighted by molar-refractivity contribution is -0.118. The third-order valence-electron chi connectivity index (χ3n) is 3.76. The van der Waals surface area contributed by atoms with Crippen LogP contribution in [0.4, 0.5) is 5.69 Å². The van der Waals surface area contributed by atoms with E-state index in [9.17, 15) is 9.90 Å². The minimum absolute atomic E-state index is 0.0524. The number of benzene rings is 1. The second-order valence-corrected chi connectivity index (χ2v) is 6.31. The van der Waals surface area contributed by atoms with Gasteiger partial charge in [-0.1, -0.05) is 34.8 Å². The van der Waals surface area contributed by atoms with Crippen molar-refractivity contribution in [3.63, 3.8) is 0 Å². The molecule has 110 valence electrons. The fourth-order valence-electron chi connectivity index (χ4n) is 2.72. The van der Waals surface area contributed by atoms with Gasteiger partial charge in [-0.15, -0.1) is 0 Å². The molecule has 0 bridgehead atoms. The third-order valence-corrected chi connectivity index (χ3v) is 4.25. The summed E-state index contributed by atoms with van der Waals surface area (Å²) in [6.07, 6.45) is 3.69. The minimum Gasteiger partial charge on any atom is -0.391 e. The monoisotopic (exact) mass is 340 g/mol. The fraction of sp³-hybridized carbons (Fsp3) is 0.533. The molecule has 5 heteroatoms. The molecule has 2 unspecified atom stereocenters. The summed E-state index contributed by atoms with van der Waals surface area (Å²) in [5, 5.41) is 12.9. The van der Waals surface area contributed by atoms with Gasteiger partial charge in [-0.3, -0.25) is 9.69 Å². The number of halogens is 1. The second kappa shape index (κ2) is 7.20. The summed E-state index contributed by atoms with van der Waals surface area (Å²) in [6.45, 7) is 0.300. The third kappa shape index (κ3) is 4.30. The molecule has 0 radical (unpaired) electrons. The Morgan fingerprint density at radius 3 is 2.90 bits per heavy atom. The van der Waals surface area contributed by atoms with E-state index in [1.807, 2.05) is 36.2 Å². The van der Waals surface area contributed by atoms with Gasteiger partial charge in [-0.05, 0) is 38.1 Å². The summed E-state index contributed by atoms with van der Waals surface area (Å²) in [4.78, 5) is 14.0. The van der Waals surface area contributed by atoms with Gasteiger partial charge < -0.3 is 10.4 Å². The number of carbonyl (C=O) groups excluding carboxylic acids is 1. The van der Waals surface area contributed by atoms with Crippen LogP contribution < -0.4 is 5.32 Å². The highest BCUT2D eigenvalue weighted by Crippen LogP contribution is 2.22. The Labute approximate surface area is 128 Å². The largest absolute Gasteiger partial charge is 0.391 e. The fourth-order valence-corrected chi connectivity index (χ4v) is 3.12. The molecule has 1 aromatic carbocycles. The summed E-state index contributed by atoms with van der Waals surface area (Å²) in [7, 11) is 1.90. The number of anilines is 1. The van der Waals surface area contributed by atoms with E-state index in [2.05, 4.69) is 21.2 Å². The van der Waals surface area contributed by atoms with E-state index in [4.69, 9.17) is 0 Å². The molecular weight excluding hydrogens is 320 g/mol. The zero-order valence-electron chi connectivity index (χ0n) is 11.7. The zero-order chi connectivity index (χ0) is 14.5. The van der Waals surface area contributed by atoms with E-state index < -0.39 is 0 Å². The first-order valence-corrected chi connectivity index (χ1v) is 7.79. The molecule has 0 spiro atoms. The van der Waals surface area contributed by atoms with Crippen molar-refractivity contribution >= 4 is 27.5 Å². The maximum Gasteiger partial charge on any atom is 0.238 e. The highest BCUT2D eigenvalue weighted by Gasteiger charge is 2.27. The summed E-state index contributed by atoms with van der Waals surface area (Å²) in [6, 6.07) is 7.62. The van der Waals surface area contributed by atoms with Gasteiger partial charge in [0.15, 0.2) is 0 Å². The van der Waals surface area contributed by atoms with Gasteiger partial charge in [0.25, 0.3) is 0 Å². The van der Waals surface area contributed by atoms with Crippen molar-refractivity contribution in [2.75, 3.05) is 18.9 Å². The first kappa shape index (κ1) is 15.5. The van der Waals surface area contributed by atoms with Crippen LogP contribution in [0.2, 0.25) is 0 Å². The second-order valence-electron chi connectivity index (χ2n) is 5.39. The van der Waals surface area contributed by atoms with E-state index >= 15 is 0 Å². The number of nitrogens with one attached hydrogen (secondary N) is 1. The van der Waals surface area contributed by atoms with E-state index in [0.29, 0.717) is 6.54 Å². The van der Waals surface area contributed by atoms with Gasteiger partial charge in [0.05, 0.1) is 12.6 Å². The van der Waals surface area contributed by atoms with E-state index in [1.165, 1.54) is 0 Å². The Morgan fingerprint density at radius 2 is 2.20 bits per heavy atom. The molecule has 1 saturated carbocycles. The van der Waals surface area contributed by atoms with Crippen LogP contribution in [0.5, 0.6) is 0 Å². The van der Waals surface area contributed by atoms with Crippen LogP contribution in [0.3, 0.4) is 0 Å². The highest BCUT2D eigenvalue weighted by molar-refractivity contribution is 9.10. The molecule has 2 atom stereocenters. The predicted molar refractivity (Wildman–Crippen MR) is 83.7 cm³/mol. The smallest absolute Gasteiger partial charge is 0.238 e. The lowest BCUT2D eigenvalue weighted by atomic mass is 9.91. The molecule has 20 heavy (non-hydrogen) atoms. The minimum atomic E-state index is -0.313. The van der Waals surface area contributed by atoms with Crippen molar-refractivity contribution < 1.29 is 9.90 Å². The molecule has 1 amide bonds. The number of aliphatic hydroxyl groups excluding tert-OH is 1. The maximum atomic E-state index is 12.0. The van der Waals surface area contributed by atoms with E-state index in [1.54, 1.807) is 0 Å². The number of amides is 1. The summed E-state index contributed by atoms with van der Waals surface area (Å²) < 4.78 is 0.936. The highest BCUT2D eigenvalue weighted by atomic mass is 79.9. The zero-order valence-corrected chi connectivity index (χ0v) is 13.3. The molecule has 1 aliphatic rings. The number of hydrogen-bond acceptors (Lipinski definition) is 3. The van der Waals surface area contributed by atoms with Gasteiger partial charge in [0.2, 0.25) is 5.91 Å². The standard InChI is InChI=1S/C15H21BrN2O2/c1-18(13-7-2-3-8-14(13)19)10-15(20)17-12-6-4-5-11(16)9-12/h4-6,9,13-14,19H,2-3,7-8,10H2,1H3,(H,17,20).